The van der Waals surface area contributed by atoms with Gasteiger partial charge < -0.3 is 4.90 Å². The minimum Gasteiger partial charge on any atom is -0.334 e. The Balaban J connectivity index is 1.91. The Kier molecular flexibility index (Phi) is 3.69. The molecule has 1 aromatic heterocycles. The molecular formula is C10H15N5O2. The largest absolute Gasteiger partial charge is 0.334 e. The Labute approximate surface area is 98.6 Å². The summed E-state index contributed by atoms with van der Waals surface area (Å²) >= 11 is 0. The molecule has 2 heterocycles. The van der Waals surface area contributed by atoms with E-state index in [9.17, 15) is 9.59 Å². The summed E-state index contributed by atoms with van der Waals surface area (Å²) in [6.45, 7) is 1.31. The van der Waals surface area contributed by atoms with E-state index in [1.165, 1.54) is 6.33 Å². The van der Waals surface area contributed by atoms with E-state index in [1.54, 1.807) is 4.90 Å². The lowest BCUT2D eigenvalue weighted by Crippen LogP contribution is -2.40. The van der Waals surface area contributed by atoms with E-state index >= 15 is 0 Å². The van der Waals surface area contributed by atoms with Gasteiger partial charge in [0.2, 0.25) is 5.95 Å². The van der Waals surface area contributed by atoms with Crippen molar-refractivity contribution in [3.8, 4) is 0 Å². The maximum absolute atomic E-state index is 11.8. The smallest absolute Gasteiger partial charge is 0.316 e. The topological polar surface area (TPSA) is 91.0 Å². The molecule has 0 unspecified atom stereocenters. The van der Waals surface area contributed by atoms with Crippen LogP contribution in [-0.4, -0.2) is 45.0 Å². The first kappa shape index (κ1) is 11.6. The van der Waals surface area contributed by atoms with Crippen LogP contribution in [0.4, 0.5) is 5.95 Å². The molecule has 0 saturated carbocycles. The third-order valence-electron chi connectivity index (χ3n) is 2.73. The Bertz CT molecular complexity index is 381. The van der Waals surface area contributed by atoms with E-state index < -0.39 is 11.8 Å². The maximum Gasteiger partial charge on any atom is 0.316 e. The molecule has 7 nitrogen and oxygen atoms in total. The lowest BCUT2D eigenvalue weighted by Gasteiger charge is -2.18. The zero-order chi connectivity index (χ0) is 12.1. The molecule has 17 heavy (non-hydrogen) atoms. The number of carbonyl (C=O) groups is 2. The van der Waals surface area contributed by atoms with Crippen molar-refractivity contribution in [2.45, 2.75) is 25.7 Å². The van der Waals surface area contributed by atoms with Crippen LogP contribution in [0, 0.1) is 0 Å². The summed E-state index contributed by atoms with van der Waals surface area (Å²) in [6.07, 6.45) is 5.43. The van der Waals surface area contributed by atoms with Gasteiger partial charge in [-0.15, -0.1) is 0 Å². The second-order valence-electron chi connectivity index (χ2n) is 3.99. The molecule has 1 aliphatic heterocycles. The number of H-pyrrole nitrogens is 1. The van der Waals surface area contributed by atoms with E-state index in [0.717, 1.165) is 25.7 Å². The monoisotopic (exact) mass is 237 g/mol. The average Bonchev–Trinajstić information content (AvgIpc) is 2.68. The molecule has 1 saturated heterocycles. The number of rotatable bonds is 1. The first-order chi connectivity index (χ1) is 8.27. The van der Waals surface area contributed by atoms with Crippen molar-refractivity contribution in [3.05, 3.63) is 6.33 Å². The number of hydrogen-bond donors (Lipinski definition) is 2. The number of nitrogens with one attached hydrogen (secondary N) is 2. The number of likely N-dealkylation sites (tertiary alicyclic amines) is 1. The summed E-state index contributed by atoms with van der Waals surface area (Å²) in [6, 6.07) is 0. The van der Waals surface area contributed by atoms with Crippen LogP contribution >= 0.6 is 0 Å². The van der Waals surface area contributed by atoms with Crippen molar-refractivity contribution in [1.29, 1.82) is 0 Å². The molecule has 0 aliphatic carbocycles. The van der Waals surface area contributed by atoms with Crippen molar-refractivity contribution in [2.75, 3.05) is 18.4 Å². The Morgan fingerprint density at radius 1 is 1.24 bits per heavy atom. The molecule has 0 radical (unpaired) electrons. The second kappa shape index (κ2) is 5.42. The molecule has 1 aromatic rings. The number of aromatic nitrogens is 3. The van der Waals surface area contributed by atoms with Gasteiger partial charge in [0, 0.05) is 13.1 Å². The van der Waals surface area contributed by atoms with E-state index in [0.29, 0.717) is 13.1 Å². The minimum absolute atomic E-state index is 0.193. The normalized spacial score (nSPS) is 16.4. The van der Waals surface area contributed by atoms with Crippen LogP contribution in [0.5, 0.6) is 0 Å². The molecule has 92 valence electrons. The van der Waals surface area contributed by atoms with Gasteiger partial charge >= 0.3 is 11.8 Å². The number of aromatic amines is 1. The van der Waals surface area contributed by atoms with Crippen LogP contribution in [0.15, 0.2) is 6.33 Å². The molecule has 0 bridgehead atoms. The lowest BCUT2D eigenvalue weighted by atomic mass is 10.2. The minimum atomic E-state index is -0.663. The van der Waals surface area contributed by atoms with Crippen LogP contribution in [-0.2, 0) is 9.59 Å². The first-order valence-electron chi connectivity index (χ1n) is 5.73. The summed E-state index contributed by atoms with van der Waals surface area (Å²) in [5.74, 6) is -0.967. The summed E-state index contributed by atoms with van der Waals surface area (Å²) in [4.78, 5) is 28.8. The Morgan fingerprint density at radius 3 is 2.53 bits per heavy atom. The van der Waals surface area contributed by atoms with Gasteiger partial charge in [0.05, 0.1) is 0 Å². The number of amides is 2. The Morgan fingerprint density at radius 2 is 1.94 bits per heavy atom. The highest BCUT2D eigenvalue weighted by molar-refractivity contribution is 6.39. The molecule has 1 fully saturated rings. The lowest BCUT2D eigenvalue weighted by molar-refractivity contribution is -0.143. The fraction of sp³-hybridized carbons (Fsp3) is 0.600. The quantitative estimate of drug-likeness (QED) is 0.680. The SMILES string of the molecule is O=C(Nc1ncn[nH]1)C(=O)N1CCCCCC1. The van der Waals surface area contributed by atoms with Gasteiger partial charge in [-0.05, 0) is 12.8 Å². The van der Waals surface area contributed by atoms with Gasteiger partial charge in [-0.3, -0.25) is 14.9 Å². The molecule has 0 aromatic carbocycles. The van der Waals surface area contributed by atoms with Gasteiger partial charge in [0.15, 0.2) is 0 Å². The number of carbonyl (C=O) groups excluding carboxylic acids is 2. The van der Waals surface area contributed by atoms with Crippen molar-refractivity contribution in [3.63, 3.8) is 0 Å². The highest BCUT2D eigenvalue weighted by Crippen LogP contribution is 2.10. The van der Waals surface area contributed by atoms with Gasteiger partial charge in [-0.1, -0.05) is 12.8 Å². The van der Waals surface area contributed by atoms with E-state index in [1.807, 2.05) is 0 Å². The predicted molar refractivity (Wildman–Crippen MR) is 60.1 cm³/mol. The van der Waals surface area contributed by atoms with Crippen molar-refractivity contribution in [2.24, 2.45) is 0 Å². The second-order valence-corrected chi connectivity index (χ2v) is 3.99. The average molecular weight is 237 g/mol. The predicted octanol–water partition coefficient (Wildman–Crippen LogP) is 0.146. The molecule has 2 rings (SSSR count). The van der Waals surface area contributed by atoms with E-state index in [2.05, 4.69) is 20.5 Å². The van der Waals surface area contributed by atoms with Crippen molar-refractivity contribution in [1.82, 2.24) is 20.1 Å². The van der Waals surface area contributed by atoms with Crippen LogP contribution in [0.25, 0.3) is 0 Å². The molecule has 1 aliphatic rings. The molecule has 0 atom stereocenters. The third kappa shape index (κ3) is 3.02. The fourth-order valence-electron chi connectivity index (χ4n) is 1.84. The molecule has 0 spiro atoms. The zero-order valence-corrected chi connectivity index (χ0v) is 9.48. The van der Waals surface area contributed by atoms with Crippen LogP contribution < -0.4 is 5.32 Å². The van der Waals surface area contributed by atoms with Crippen LogP contribution in [0.2, 0.25) is 0 Å². The maximum atomic E-state index is 11.8. The van der Waals surface area contributed by atoms with Crippen LogP contribution in [0.3, 0.4) is 0 Å². The van der Waals surface area contributed by atoms with Crippen molar-refractivity contribution >= 4 is 17.8 Å². The summed E-state index contributed by atoms with van der Waals surface area (Å²) < 4.78 is 0. The molecule has 2 amide bonds. The number of nitrogens with zero attached hydrogens (tertiary/aromatic N) is 3. The third-order valence-corrected chi connectivity index (χ3v) is 2.73. The standard InChI is InChI=1S/C10H15N5O2/c16-8(13-10-11-7-12-14-10)9(17)15-5-3-1-2-4-6-15/h7H,1-6H2,(H2,11,12,13,14,16). The fourth-order valence-corrected chi connectivity index (χ4v) is 1.84. The molecule has 2 N–H and O–H groups in total. The zero-order valence-electron chi connectivity index (χ0n) is 9.48. The van der Waals surface area contributed by atoms with Gasteiger partial charge in [-0.25, -0.2) is 5.10 Å². The van der Waals surface area contributed by atoms with Crippen molar-refractivity contribution < 1.29 is 9.59 Å². The van der Waals surface area contributed by atoms with E-state index in [-0.39, 0.29) is 5.95 Å². The summed E-state index contributed by atoms with van der Waals surface area (Å²) in [5.41, 5.74) is 0. The summed E-state index contributed by atoms with van der Waals surface area (Å²) in [5, 5.41) is 8.44. The molecule has 7 heteroatoms. The number of hydrogen-bond acceptors (Lipinski definition) is 4. The first-order valence-corrected chi connectivity index (χ1v) is 5.73. The van der Waals surface area contributed by atoms with Crippen LogP contribution in [0.1, 0.15) is 25.7 Å². The highest BCUT2D eigenvalue weighted by Gasteiger charge is 2.23. The molecular weight excluding hydrogens is 222 g/mol. The highest BCUT2D eigenvalue weighted by atomic mass is 16.2. The number of anilines is 1. The van der Waals surface area contributed by atoms with Gasteiger partial charge in [0.1, 0.15) is 6.33 Å². The van der Waals surface area contributed by atoms with Gasteiger partial charge in [-0.2, -0.15) is 10.1 Å². The Hall–Kier alpha value is -1.92. The summed E-state index contributed by atoms with van der Waals surface area (Å²) in [7, 11) is 0. The van der Waals surface area contributed by atoms with E-state index in [4.69, 9.17) is 0 Å². The van der Waals surface area contributed by atoms with Gasteiger partial charge in [0.25, 0.3) is 0 Å².